The lowest BCUT2D eigenvalue weighted by atomic mass is 10.2. The van der Waals surface area contributed by atoms with Crippen molar-refractivity contribution in [3.63, 3.8) is 0 Å². The summed E-state index contributed by atoms with van der Waals surface area (Å²) in [5.74, 6) is -0.418. The van der Waals surface area contributed by atoms with Crippen LogP contribution in [-0.2, 0) is 9.59 Å². The molecule has 0 bridgehead atoms. The van der Waals surface area contributed by atoms with Crippen LogP contribution < -0.4 is 4.74 Å². The summed E-state index contributed by atoms with van der Waals surface area (Å²) in [6, 6.07) is 5.40. The molecule has 0 heterocycles. The lowest BCUT2D eigenvalue weighted by molar-refractivity contribution is -0.137. The Labute approximate surface area is 135 Å². The van der Waals surface area contributed by atoms with Gasteiger partial charge in [0.2, 0.25) is 0 Å². The number of nitrogens with zero attached hydrogens (tertiary/aromatic N) is 1. The van der Waals surface area contributed by atoms with Gasteiger partial charge in [0.05, 0.1) is 5.02 Å². The third-order valence-corrected chi connectivity index (χ3v) is 3.54. The average molecular weight is 328 g/mol. The summed E-state index contributed by atoms with van der Waals surface area (Å²) < 4.78 is 5.43. The molecule has 0 saturated heterocycles. The van der Waals surface area contributed by atoms with Crippen molar-refractivity contribution in [1.29, 1.82) is 0 Å². The van der Waals surface area contributed by atoms with Crippen molar-refractivity contribution < 1.29 is 19.4 Å². The summed E-state index contributed by atoms with van der Waals surface area (Å²) in [7, 11) is 1.71. The Hall–Kier alpha value is -1.75. The first kappa shape index (κ1) is 18.3. The number of carbonyl (C=O) groups is 2. The van der Waals surface area contributed by atoms with Crippen molar-refractivity contribution in [3.05, 3.63) is 28.8 Å². The highest BCUT2D eigenvalue weighted by Gasteiger charge is 2.10. The average Bonchev–Trinajstić information content (AvgIpc) is 2.45. The van der Waals surface area contributed by atoms with Crippen molar-refractivity contribution >= 4 is 23.5 Å². The van der Waals surface area contributed by atoms with Gasteiger partial charge in [-0.2, -0.15) is 0 Å². The van der Waals surface area contributed by atoms with Crippen molar-refractivity contribution in [1.82, 2.24) is 4.90 Å². The van der Waals surface area contributed by atoms with Crippen LogP contribution in [0.25, 0.3) is 0 Å². The Morgan fingerprint density at radius 3 is 2.64 bits per heavy atom. The van der Waals surface area contributed by atoms with E-state index in [1.54, 1.807) is 24.1 Å². The van der Waals surface area contributed by atoms with Gasteiger partial charge in [-0.05, 0) is 37.5 Å². The largest absolute Gasteiger partial charge is 0.482 e. The second kappa shape index (κ2) is 9.30. The summed E-state index contributed by atoms with van der Waals surface area (Å²) >= 11 is 6.04. The third-order valence-electron chi connectivity index (χ3n) is 3.25. The monoisotopic (exact) mass is 327 g/mol. The Balaban J connectivity index is 2.27. The molecule has 0 saturated carbocycles. The highest BCUT2D eigenvalue weighted by Crippen LogP contribution is 2.25. The number of benzene rings is 1. The molecule has 0 radical (unpaired) electrons. The highest BCUT2D eigenvalue weighted by molar-refractivity contribution is 6.32. The first-order valence-corrected chi connectivity index (χ1v) is 7.62. The van der Waals surface area contributed by atoms with Crippen LogP contribution >= 0.6 is 11.6 Å². The summed E-state index contributed by atoms with van der Waals surface area (Å²) in [6.45, 7) is 2.46. The van der Waals surface area contributed by atoms with Crippen LogP contribution in [0.4, 0.5) is 0 Å². The van der Waals surface area contributed by atoms with E-state index in [0.29, 0.717) is 23.7 Å². The molecular weight excluding hydrogens is 306 g/mol. The number of carboxylic acid groups (broad SMARTS) is 1. The first-order chi connectivity index (χ1) is 10.4. The zero-order valence-corrected chi connectivity index (χ0v) is 13.7. The number of carbonyl (C=O) groups excluding carboxylic acids is 1. The van der Waals surface area contributed by atoms with E-state index in [2.05, 4.69) is 0 Å². The van der Waals surface area contributed by atoms with E-state index in [1.165, 1.54) is 0 Å². The van der Waals surface area contributed by atoms with Crippen LogP contribution in [0.15, 0.2) is 18.2 Å². The lowest BCUT2D eigenvalue weighted by Gasteiger charge is -2.17. The number of hydrogen-bond donors (Lipinski definition) is 1. The number of unbranched alkanes of at least 4 members (excludes halogenated alkanes) is 2. The maximum Gasteiger partial charge on any atom is 0.303 e. The lowest BCUT2D eigenvalue weighted by Crippen LogP contribution is -2.32. The molecule has 0 unspecified atom stereocenters. The summed E-state index contributed by atoms with van der Waals surface area (Å²) in [5.41, 5.74) is 1.03. The minimum atomic E-state index is -0.784. The minimum Gasteiger partial charge on any atom is -0.482 e. The number of likely N-dealkylation sites (N-methyl/N-ethyl adjacent to an activating group) is 1. The third kappa shape index (κ3) is 6.80. The minimum absolute atomic E-state index is 0.0611. The number of amides is 1. The molecule has 0 spiro atoms. The molecule has 0 aliphatic rings. The second-order valence-electron chi connectivity index (χ2n) is 5.24. The molecule has 122 valence electrons. The number of aliphatic carboxylic acids is 1. The molecule has 1 N–H and O–H groups in total. The molecule has 6 heteroatoms. The molecule has 0 aliphatic carbocycles. The molecule has 0 atom stereocenters. The highest BCUT2D eigenvalue weighted by atomic mass is 35.5. The van der Waals surface area contributed by atoms with E-state index >= 15 is 0 Å². The Morgan fingerprint density at radius 2 is 2.00 bits per heavy atom. The first-order valence-electron chi connectivity index (χ1n) is 7.25. The Morgan fingerprint density at radius 1 is 1.27 bits per heavy atom. The van der Waals surface area contributed by atoms with Gasteiger partial charge in [-0.3, -0.25) is 9.59 Å². The van der Waals surface area contributed by atoms with Gasteiger partial charge in [-0.15, -0.1) is 0 Å². The number of rotatable bonds is 9. The SMILES string of the molecule is Cc1ccc(OCC(=O)N(C)CCCCCC(=O)O)c(Cl)c1. The molecular formula is C16H22ClNO4. The van der Waals surface area contributed by atoms with Crippen molar-refractivity contribution in [3.8, 4) is 5.75 Å². The number of halogens is 1. The van der Waals surface area contributed by atoms with Gasteiger partial charge in [0.15, 0.2) is 6.61 Å². The van der Waals surface area contributed by atoms with Gasteiger partial charge in [0, 0.05) is 20.0 Å². The van der Waals surface area contributed by atoms with Crippen molar-refractivity contribution in [2.24, 2.45) is 0 Å². The maximum absolute atomic E-state index is 11.9. The fourth-order valence-corrected chi connectivity index (χ4v) is 2.19. The number of carboxylic acids is 1. The van der Waals surface area contributed by atoms with Crippen LogP contribution in [0.1, 0.15) is 31.2 Å². The van der Waals surface area contributed by atoms with E-state index in [9.17, 15) is 9.59 Å². The summed E-state index contributed by atoms with van der Waals surface area (Å²) in [5, 5.41) is 9.03. The molecule has 0 aliphatic heterocycles. The molecule has 1 aromatic carbocycles. The maximum atomic E-state index is 11.9. The predicted molar refractivity (Wildman–Crippen MR) is 85.4 cm³/mol. The molecule has 0 aromatic heterocycles. The van der Waals surface area contributed by atoms with Crippen LogP contribution in [-0.4, -0.2) is 42.1 Å². The predicted octanol–water partition coefficient (Wildman–Crippen LogP) is 3.13. The summed E-state index contributed by atoms with van der Waals surface area (Å²) in [6.07, 6.45) is 2.37. The van der Waals surface area contributed by atoms with Crippen LogP contribution in [0, 0.1) is 6.92 Å². The van der Waals surface area contributed by atoms with Gasteiger partial charge < -0.3 is 14.7 Å². The van der Waals surface area contributed by atoms with Gasteiger partial charge in [-0.1, -0.05) is 24.1 Å². The Kier molecular flexibility index (Phi) is 7.74. The van der Waals surface area contributed by atoms with Crippen molar-refractivity contribution in [2.45, 2.75) is 32.6 Å². The quantitative estimate of drug-likeness (QED) is 0.708. The van der Waals surface area contributed by atoms with Gasteiger partial charge in [0.25, 0.3) is 5.91 Å². The summed E-state index contributed by atoms with van der Waals surface area (Å²) in [4.78, 5) is 23.9. The van der Waals surface area contributed by atoms with E-state index in [-0.39, 0.29) is 18.9 Å². The normalized spacial score (nSPS) is 10.3. The molecule has 1 aromatic rings. The fourth-order valence-electron chi connectivity index (χ4n) is 1.90. The topological polar surface area (TPSA) is 66.8 Å². The molecule has 22 heavy (non-hydrogen) atoms. The zero-order valence-electron chi connectivity index (χ0n) is 13.0. The fraction of sp³-hybridized carbons (Fsp3) is 0.500. The van der Waals surface area contributed by atoms with Crippen molar-refractivity contribution in [2.75, 3.05) is 20.2 Å². The van der Waals surface area contributed by atoms with Crippen LogP contribution in [0.2, 0.25) is 5.02 Å². The van der Waals surface area contributed by atoms with E-state index in [4.69, 9.17) is 21.4 Å². The van der Waals surface area contributed by atoms with Gasteiger partial charge in [0.1, 0.15) is 5.75 Å². The van der Waals surface area contributed by atoms with Gasteiger partial charge in [-0.25, -0.2) is 0 Å². The zero-order chi connectivity index (χ0) is 16.5. The van der Waals surface area contributed by atoms with Gasteiger partial charge >= 0.3 is 5.97 Å². The van der Waals surface area contributed by atoms with E-state index in [0.717, 1.165) is 18.4 Å². The molecule has 5 nitrogen and oxygen atoms in total. The number of aryl methyl sites for hydroxylation is 1. The van der Waals surface area contributed by atoms with E-state index < -0.39 is 5.97 Å². The van der Waals surface area contributed by atoms with Crippen LogP contribution in [0.3, 0.4) is 0 Å². The number of ether oxygens (including phenoxy) is 1. The van der Waals surface area contributed by atoms with E-state index in [1.807, 2.05) is 13.0 Å². The number of hydrogen-bond acceptors (Lipinski definition) is 3. The smallest absolute Gasteiger partial charge is 0.303 e. The second-order valence-corrected chi connectivity index (χ2v) is 5.65. The standard InChI is InChI=1S/C16H22ClNO4/c1-12-7-8-14(13(17)10-12)22-11-15(19)18(2)9-5-3-4-6-16(20)21/h7-8,10H,3-6,9,11H2,1-2H3,(H,20,21). The van der Waals surface area contributed by atoms with Crippen LogP contribution in [0.5, 0.6) is 5.75 Å². The molecule has 1 amide bonds. The molecule has 0 fully saturated rings. The Bertz CT molecular complexity index is 519. The molecule has 1 rings (SSSR count).